The number of esters is 1. The number of carbonyl (C=O) groups is 4. The molecule has 7 nitrogen and oxygen atoms in total. The topological polar surface area (TPSA) is 93.6 Å². The van der Waals surface area contributed by atoms with E-state index in [9.17, 15) is 19.2 Å². The van der Waals surface area contributed by atoms with Gasteiger partial charge in [-0.3, -0.25) is 19.3 Å². The first kappa shape index (κ1) is 27.7. The summed E-state index contributed by atoms with van der Waals surface area (Å²) in [4.78, 5) is 59.0. The quantitative estimate of drug-likeness (QED) is 0.0956. The Labute approximate surface area is 260 Å². The maximum atomic E-state index is 13.5. The van der Waals surface area contributed by atoms with Gasteiger partial charge in [-0.1, -0.05) is 51.8 Å². The molecule has 7 rings (SSSR count). The number of nitrogens with zero attached hydrogens (tertiary/aromatic N) is 2. The van der Waals surface area contributed by atoms with Gasteiger partial charge in [-0.15, -0.1) is 0 Å². The Morgan fingerprint density at radius 3 is 2.23 bits per heavy atom. The highest BCUT2D eigenvalue weighted by Crippen LogP contribution is 2.53. The van der Waals surface area contributed by atoms with Crippen LogP contribution in [0.15, 0.2) is 89.4 Å². The Bertz CT molecular complexity index is 1840. The van der Waals surface area contributed by atoms with E-state index in [4.69, 9.17) is 21.3 Å². The summed E-state index contributed by atoms with van der Waals surface area (Å²) in [5.74, 6) is -1.56. The fraction of sp³-hybridized carbons (Fsp3) is 0.206. The molecule has 0 N–H and O–H groups in total. The minimum Gasteiger partial charge on any atom is -0.451 e. The summed E-state index contributed by atoms with van der Waals surface area (Å²) in [6.45, 7) is 1.53. The SMILES string of the molecule is CC(OC(=O)c1cc(-c2ccc(N3C(=O)C4C5C=CC(C5)C4C3=O)cc2)nc2ccc(Br)cc12)C(=O)c1ccc(Cl)cc1. The Hall–Kier alpha value is -4.14. The van der Waals surface area contributed by atoms with Gasteiger partial charge in [-0.05, 0) is 85.8 Å². The minimum absolute atomic E-state index is 0.138. The standard InChI is InChI=1S/C34H24BrClN2O5/c1-17(31(39)19-4-9-23(36)10-5-19)43-34(42)26-16-28(37-27-13-8-22(35)15-25(26)27)18-6-11-24(12-7-18)38-32(40)29-20-2-3-21(14-20)30(29)33(38)41/h2-13,15-17,20-21,29-30H,14H2,1H3. The second-order valence-electron chi connectivity index (χ2n) is 11.2. The first-order chi connectivity index (χ1) is 20.7. The molecule has 1 aromatic heterocycles. The van der Waals surface area contributed by atoms with E-state index >= 15 is 0 Å². The average molecular weight is 656 g/mol. The lowest BCUT2D eigenvalue weighted by molar-refractivity contribution is -0.123. The molecule has 1 aliphatic heterocycles. The molecule has 3 aliphatic rings. The lowest BCUT2D eigenvalue weighted by Crippen LogP contribution is -2.32. The smallest absolute Gasteiger partial charge is 0.339 e. The van der Waals surface area contributed by atoms with Crippen LogP contribution in [0.4, 0.5) is 5.69 Å². The predicted molar refractivity (Wildman–Crippen MR) is 166 cm³/mol. The number of aromatic nitrogens is 1. The molecule has 1 saturated heterocycles. The highest BCUT2D eigenvalue weighted by atomic mass is 79.9. The van der Waals surface area contributed by atoms with Crippen LogP contribution in [0.1, 0.15) is 34.1 Å². The van der Waals surface area contributed by atoms with Crippen molar-refractivity contribution in [3.05, 3.63) is 106 Å². The molecule has 0 spiro atoms. The van der Waals surface area contributed by atoms with Crippen molar-refractivity contribution in [2.75, 3.05) is 4.90 Å². The van der Waals surface area contributed by atoms with E-state index in [0.29, 0.717) is 38.4 Å². The number of ketones is 1. The summed E-state index contributed by atoms with van der Waals surface area (Å²) in [5, 5.41) is 1.06. The van der Waals surface area contributed by atoms with Crippen molar-refractivity contribution in [1.82, 2.24) is 4.98 Å². The number of benzene rings is 3. The summed E-state index contributed by atoms with van der Waals surface area (Å²) in [7, 11) is 0. The molecule has 4 aromatic rings. The van der Waals surface area contributed by atoms with Gasteiger partial charge in [0, 0.05) is 26.0 Å². The van der Waals surface area contributed by atoms with E-state index in [1.165, 1.54) is 11.8 Å². The second kappa shape index (κ2) is 10.5. The normalized spacial score (nSPS) is 22.7. The van der Waals surface area contributed by atoms with E-state index in [0.717, 1.165) is 10.9 Å². The molecule has 2 heterocycles. The average Bonchev–Trinajstić information content (AvgIpc) is 3.70. The van der Waals surface area contributed by atoms with Crippen LogP contribution in [0.2, 0.25) is 5.02 Å². The zero-order valence-electron chi connectivity index (χ0n) is 22.9. The molecule has 0 radical (unpaired) electrons. The van der Waals surface area contributed by atoms with E-state index in [1.807, 2.05) is 6.07 Å². The number of halogens is 2. The molecule has 43 heavy (non-hydrogen) atoms. The summed E-state index contributed by atoms with van der Waals surface area (Å²) in [6.07, 6.45) is 3.99. The number of amides is 2. The Balaban J connectivity index is 1.18. The lowest BCUT2D eigenvalue weighted by atomic mass is 9.85. The Kier molecular flexibility index (Phi) is 6.78. The first-order valence-corrected chi connectivity index (χ1v) is 15.1. The van der Waals surface area contributed by atoms with Gasteiger partial charge < -0.3 is 4.74 Å². The number of rotatable bonds is 6. The first-order valence-electron chi connectivity index (χ1n) is 14.0. The second-order valence-corrected chi connectivity index (χ2v) is 12.5. The summed E-state index contributed by atoms with van der Waals surface area (Å²) < 4.78 is 6.40. The maximum Gasteiger partial charge on any atom is 0.339 e. The molecule has 214 valence electrons. The van der Waals surface area contributed by atoms with Crippen molar-refractivity contribution in [2.24, 2.45) is 23.7 Å². The van der Waals surface area contributed by atoms with Crippen molar-refractivity contribution >= 4 is 67.7 Å². The zero-order valence-corrected chi connectivity index (χ0v) is 25.2. The lowest BCUT2D eigenvalue weighted by Gasteiger charge is -2.18. The highest BCUT2D eigenvalue weighted by Gasteiger charge is 2.59. The number of carbonyl (C=O) groups excluding carboxylic acids is 4. The number of anilines is 1. The van der Waals surface area contributed by atoms with Crippen LogP contribution in [0.5, 0.6) is 0 Å². The molecule has 5 unspecified atom stereocenters. The monoisotopic (exact) mass is 654 g/mol. The predicted octanol–water partition coefficient (Wildman–Crippen LogP) is 7.06. The number of Topliss-reactive ketones (excluding diaryl/α,β-unsaturated/α-hetero) is 1. The van der Waals surface area contributed by atoms with Crippen LogP contribution in [0.25, 0.3) is 22.2 Å². The number of hydrogen-bond acceptors (Lipinski definition) is 6. The van der Waals surface area contributed by atoms with Crippen LogP contribution in [-0.2, 0) is 14.3 Å². The molecule has 2 amide bonds. The molecule has 2 aliphatic carbocycles. The van der Waals surface area contributed by atoms with Gasteiger partial charge in [-0.25, -0.2) is 9.78 Å². The molecule has 9 heteroatoms. The van der Waals surface area contributed by atoms with Gasteiger partial charge in [0.1, 0.15) is 0 Å². The Morgan fingerprint density at radius 1 is 0.930 bits per heavy atom. The van der Waals surface area contributed by atoms with E-state index in [1.54, 1.807) is 66.7 Å². The van der Waals surface area contributed by atoms with E-state index in [2.05, 4.69) is 28.1 Å². The number of hydrogen-bond donors (Lipinski definition) is 0. The summed E-state index contributed by atoms with van der Waals surface area (Å²) >= 11 is 9.40. The summed E-state index contributed by atoms with van der Waals surface area (Å²) in [5.41, 5.74) is 2.91. The van der Waals surface area contributed by atoms with Crippen LogP contribution >= 0.6 is 27.5 Å². The molecular weight excluding hydrogens is 632 g/mol. The summed E-state index contributed by atoms with van der Waals surface area (Å²) in [6, 6.07) is 20.5. The molecular formula is C34H24BrClN2O5. The fourth-order valence-corrected chi connectivity index (χ4v) is 7.07. The third-order valence-electron chi connectivity index (χ3n) is 8.66. The van der Waals surface area contributed by atoms with Crippen LogP contribution in [0.3, 0.4) is 0 Å². The van der Waals surface area contributed by atoms with Crippen LogP contribution in [0, 0.1) is 23.7 Å². The number of pyridine rings is 1. The molecule has 5 atom stereocenters. The van der Waals surface area contributed by atoms with E-state index in [-0.39, 0.29) is 46.8 Å². The van der Waals surface area contributed by atoms with Gasteiger partial charge in [0.25, 0.3) is 0 Å². The van der Waals surface area contributed by atoms with Gasteiger partial charge in [0.05, 0.1) is 34.3 Å². The number of allylic oxidation sites excluding steroid dienone is 2. The minimum atomic E-state index is -1.03. The third kappa shape index (κ3) is 4.69. The molecule has 2 fully saturated rings. The van der Waals surface area contributed by atoms with Crippen LogP contribution in [-0.4, -0.2) is 34.7 Å². The fourth-order valence-electron chi connectivity index (χ4n) is 6.58. The van der Waals surface area contributed by atoms with Crippen LogP contribution < -0.4 is 4.90 Å². The van der Waals surface area contributed by atoms with Gasteiger partial charge in [0.2, 0.25) is 17.6 Å². The van der Waals surface area contributed by atoms with Crippen molar-refractivity contribution in [3.8, 4) is 11.3 Å². The molecule has 2 bridgehead atoms. The van der Waals surface area contributed by atoms with Gasteiger partial charge in [-0.2, -0.15) is 0 Å². The van der Waals surface area contributed by atoms with Gasteiger partial charge >= 0.3 is 5.97 Å². The molecule has 1 saturated carbocycles. The molecule has 3 aromatic carbocycles. The zero-order chi connectivity index (χ0) is 30.0. The van der Waals surface area contributed by atoms with Crippen molar-refractivity contribution < 1.29 is 23.9 Å². The van der Waals surface area contributed by atoms with Crippen molar-refractivity contribution in [3.63, 3.8) is 0 Å². The van der Waals surface area contributed by atoms with Crippen molar-refractivity contribution in [2.45, 2.75) is 19.4 Å². The van der Waals surface area contributed by atoms with Gasteiger partial charge in [0.15, 0.2) is 6.10 Å². The number of imide groups is 1. The number of fused-ring (bicyclic) bond motifs is 6. The van der Waals surface area contributed by atoms with E-state index < -0.39 is 12.1 Å². The Morgan fingerprint density at radius 2 is 1.58 bits per heavy atom. The maximum absolute atomic E-state index is 13.5. The number of ether oxygens (including phenoxy) is 1. The third-order valence-corrected chi connectivity index (χ3v) is 9.41. The largest absolute Gasteiger partial charge is 0.451 e. The van der Waals surface area contributed by atoms with Crippen molar-refractivity contribution in [1.29, 1.82) is 0 Å². The highest BCUT2D eigenvalue weighted by molar-refractivity contribution is 9.10.